The molecule has 8 heteroatoms. The van der Waals surface area contributed by atoms with Crippen molar-refractivity contribution < 1.29 is 14.3 Å². The van der Waals surface area contributed by atoms with E-state index in [0.717, 1.165) is 46.9 Å². The monoisotopic (exact) mass is 456 g/mol. The van der Waals surface area contributed by atoms with E-state index in [2.05, 4.69) is 31.9 Å². The van der Waals surface area contributed by atoms with Gasteiger partial charge in [0, 0.05) is 43.4 Å². The lowest BCUT2D eigenvalue weighted by Crippen LogP contribution is -2.48. The van der Waals surface area contributed by atoms with Gasteiger partial charge in [0.25, 0.3) is 5.91 Å². The number of ether oxygens (including phenoxy) is 2. The van der Waals surface area contributed by atoms with Crippen molar-refractivity contribution in [1.29, 1.82) is 0 Å². The summed E-state index contributed by atoms with van der Waals surface area (Å²) in [5, 5.41) is 0. The number of benzene rings is 1. The average Bonchev–Trinajstić information content (AvgIpc) is 3.31. The highest BCUT2D eigenvalue weighted by Crippen LogP contribution is 2.33. The second kappa shape index (κ2) is 7.35. The number of imidazole rings is 1. The van der Waals surface area contributed by atoms with E-state index in [9.17, 15) is 4.79 Å². The maximum absolute atomic E-state index is 13.2. The number of pyridine rings is 1. The maximum atomic E-state index is 13.2. The second-order valence-corrected chi connectivity index (χ2v) is 8.29. The van der Waals surface area contributed by atoms with Gasteiger partial charge in [-0.3, -0.25) is 14.1 Å². The Labute approximate surface area is 177 Å². The van der Waals surface area contributed by atoms with Gasteiger partial charge in [0.05, 0.1) is 5.69 Å². The van der Waals surface area contributed by atoms with Gasteiger partial charge in [0.2, 0.25) is 6.79 Å². The summed E-state index contributed by atoms with van der Waals surface area (Å²) in [5.74, 6) is 1.65. The molecule has 1 aromatic carbocycles. The molecular weight excluding hydrogens is 436 g/mol. The molecule has 2 aromatic heterocycles. The van der Waals surface area contributed by atoms with Crippen LogP contribution in [0.2, 0.25) is 0 Å². The molecule has 5 rings (SSSR count). The molecule has 2 aliphatic rings. The van der Waals surface area contributed by atoms with Crippen LogP contribution in [-0.4, -0.2) is 58.1 Å². The Bertz CT molecular complexity index is 1090. The third-order valence-corrected chi connectivity index (χ3v) is 5.93. The van der Waals surface area contributed by atoms with Gasteiger partial charge in [-0.1, -0.05) is 6.07 Å². The molecule has 3 aromatic rings. The summed E-state index contributed by atoms with van der Waals surface area (Å²) in [5.41, 5.74) is 3.38. The Kier molecular flexibility index (Phi) is 4.67. The van der Waals surface area contributed by atoms with Crippen LogP contribution < -0.4 is 9.47 Å². The highest BCUT2D eigenvalue weighted by Gasteiger charge is 2.26. The number of piperazine rings is 1. The summed E-state index contributed by atoms with van der Waals surface area (Å²) in [7, 11) is 0. The van der Waals surface area contributed by atoms with Crippen LogP contribution in [0.5, 0.6) is 11.5 Å². The van der Waals surface area contributed by atoms with Crippen LogP contribution in [0.1, 0.15) is 21.7 Å². The number of aryl methyl sites for hydroxylation is 1. The Hall–Kier alpha value is -2.58. The zero-order valence-corrected chi connectivity index (χ0v) is 17.7. The maximum Gasteiger partial charge on any atom is 0.272 e. The van der Waals surface area contributed by atoms with Crippen molar-refractivity contribution in [2.24, 2.45) is 0 Å². The number of fused-ring (bicyclic) bond motifs is 2. The fraction of sp³-hybridized carbons (Fsp3) is 0.333. The first-order valence-electron chi connectivity index (χ1n) is 9.63. The summed E-state index contributed by atoms with van der Waals surface area (Å²) in [6.45, 7) is 6.08. The van der Waals surface area contributed by atoms with E-state index in [1.165, 1.54) is 5.56 Å². The Balaban J connectivity index is 1.27. The van der Waals surface area contributed by atoms with E-state index in [0.29, 0.717) is 25.6 Å². The van der Waals surface area contributed by atoms with Crippen molar-refractivity contribution in [2.45, 2.75) is 13.5 Å². The van der Waals surface area contributed by atoms with E-state index in [-0.39, 0.29) is 5.91 Å². The molecular formula is C21H21BrN4O3. The molecule has 0 radical (unpaired) electrons. The molecule has 0 bridgehead atoms. The van der Waals surface area contributed by atoms with Crippen LogP contribution in [0.4, 0.5) is 0 Å². The highest BCUT2D eigenvalue weighted by molar-refractivity contribution is 9.10. The molecule has 4 heterocycles. The van der Waals surface area contributed by atoms with Crippen LogP contribution in [0.25, 0.3) is 5.65 Å². The predicted molar refractivity (Wildman–Crippen MR) is 111 cm³/mol. The molecule has 1 saturated heterocycles. The summed E-state index contributed by atoms with van der Waals surface area (Å²) in [4.78, 5) is 22.0. The van der Waals surface area contributed by atoms with Crippen LogP contribution in [0.15, 0.2) is 41.0 Å². The van der Waals surface area contributed by atoms with E-state index >= 15 is 0 Å². The van der Waals surface area contributed by atoms with Crippen LogP contribution in [0.3, 0.4) is 0 Å². The van der Waals surface area contributed by atoms with Crippen LogP contribution in [-0.2, 0) is 6.54 Å². The molecule has 150 valence electrons. The molecule has 0 aliphatic carbocycles. The number of rotatable bonds is 3. The number of hydrogen-bond donors (Lipinski definition) is 0. The molecule has 1 amide bonds. The lowest BCUT2D eigenvalue weighted by Gasteiger charge is -2.34. The van der Waals surface area contributed by atoms with Gasteiger partial charge in [0.15, 0.2) is 11.5 Å². The number of nitrogens with zero attached hydrogens (tertiary/aromatic N) is 4. The SMILES string of the molecule is Cc1nc2ccc(Br)cn2c1C(=O)N1CCN(Cc2ccc3c(c2)OCO3)CC1. The smallest absolute Gasteiger partial charge is 0.272 e. The van der Waals surface area contributed by atoms with E-state index in [1.807, 2.05) is 46.7 Å². The van der Waals surface area contributed by atoms with Crippen molar-refractivity contribution in [1.82, 2.24) is 19.2 Å². The zero-order chi connectivity index (χ0) is 20.0. The normalized spacial score (nSPS) is 16.6. The van der Waals surface area contributed by atoms with E-state index in [4.69, 9.17) is 9.47 Å². The van der Waals surface area contributed by atoms with Crippen LogP contribution in [0, 0.1) is 6.92 Å². The highest BCUT2D eigenvalue weighted by atomic mass is 79.9. The fourth-order valence-electron chi connectivity index (χ4n) is 3.95. The van der Waals surface area contributed by atoms with Crippen LogP contribution >= 0.6 is 15.9 Å². The average molecular weight is 457 g/mol. The third-order valence-electron chi connectivity index (χ3n) is 5.46. The van der Waals surface area contributed by atoms with Gasteiger partial charge in [0.1, 0.15) is 11.3 Å². The third kappa shape index (κ3) is 3.47. The molecule has 29 heavy (non-hydrogen) atoms. The molecule has 1 fully saturated rings. The Morgan fingerprint density at radius 1 is 1.10 bits per heavy atom. The number of hydrogen-bond acceptors (Lipinski definition) is 5. The van der Waals surface area contributed by atoms with Gasteiger partial charge in [-0.05, 0) is 52.7 Å². The quantitative estimate of drug-likeness (QED) is 0.605. The zero-order valence-electron chi connectivity index (χ0n) is 16.1. The van der Waals surface area contributed by atoms with Gasteiger partial charge < -0.3 is 14.4 Å². The van der Waals surface area contributed by atoms with Crippen molar-refractivity contribution in [3.8, 4) is 11.5 Å². The van der Waals surface area contributed by atoms with Gasteiger partial charge in [-0.25, -0.2) is 4.98 Å². The summed E-state index contributed by atoms with van der Waals surface area (Å²) >= 11 is 3.48. The number of carbonyl (C=O) groups is 1. The van der Waals surface area contributed by atoms with Crippen molar-refractivity contribution in [3.63, 3.8) is 0 Å². The number of halogens is 1. The van der Waals surface area contributed by atoms with E-state index in [1.54, 1.807) is 0 Å². The minimum Gasteiger partial charge on any atom is -0.454 e. The predicted octanol–water partition coefficient (Wildman–Crippen LogP) is 3.09. The molecule has 0 unspecified atom stereocenters. The first-order valence-corrected chi connectivity index (χ1v) is 10.4. The lowest BCUT2D eigenvalue weighted by atomic mass is 10.1. The lowest BCUT2D eigenvalue weighted by molar-refractivity contribution is 0.0621. The summed E-state index contributed by atoms with van der Waals surface area (Å²) in [6, 6.07) is 9.93. The molecule has 7 nitrogen and oxygen atoms in total. The minimum atomic E-state index is 0.0378. The Morgan fingerprint density at radius 3 is 2.72 bits per heavy atom. The standard InChI is InChI=1S/C21H21BrN4O3/c1-14-20(26-12-16(22)3-5-19(26)23-14)21(27)25-8-6-24(7-9-25)11-15-2-4-17-18(10-15)29-13-28-17/h2-5,10,12H,6-9,11,13H2,1H3. The largest absolute Gasteiger partial charge is 0.454 e. The van der Waals surface area contributed by atoms with Gasteiger partial charge >= 0.3 is 0 Å². The second-order valence-electron chi connectivity index (χ2n) is 7.38. The number of carbonyl (C=O) groups excluding carboxylic acids is 1. The number of amides is 1. The van der Waals surface area contributed by atoms with E-state index < -0.39 is 0 Å². The minimum absolute atomic E-state index is 0.0378. The van der Waals surface area contributed by atoms with Gasteiger partial charge in [-0.15, -0.1) is 0 Å². The Morgan fingerprint density at radius 2 is 1.90 bits per heavy atom. The molecule has 0 N–H and O–H groups in total. The molecule has 0 atom stereocenters. The summed E-state index contributed by atoms with van der Waals surface area (Å²) in [6.07, 6.45) is 1.90. The van der Waals surface area contributed by atoms with Gasteiger partial charge in [-0.2, -0.15) is 0 Å². The molecule has 0 spiro atoms. The molecule has 2 aliphatic heterocycles. The summed E-state index contributed by atoms with van der Waals surface area (Å²) < 4.78 is 13.6. The first-order chi connectivity index (χ1) is 14.1. The van der Waals surface area contributed by atoms with Crippen molar-refractivity contribution in [3.05, 3.63) is 58.0 Å². The first kappa shape index (κ1) is 18.4. The van der Waals surface area contributed by atoms with Crippen molar-refractivity contribution >= 4 is 27.5 Å². The van der Waals surface area contributed by atoms with Crippen molar-refractivity contribution in [2.75, 3.05) is 33.0 Å². The topological polar surface area (TPSA) is 59.3 Å². The molecule has 0 saturated carbocycles. The fourth-order valence-corrected chi connectivity index (χ4v) is 4.29. The number of aromatic nitrogens is 2.